The lowest BCUT2D eigenvalue weighted by Crippen LogP contribution is -2.40. The fourth-order valence-corrected chi connectivity index (χ4v) is 3.10. The van der Waals surface area contributed by atoms with Crippen molar-refractivity contribution in [2.45, 2.75) is 45.6 Å². The van der Waals surface area contributed by atoms with Gasteiger partial charge in [0.2, 0.25) is 0 Å². The first-order valence-corrected chi connectivity index (χ1v) is 6.90. The van der Waals surface area contributed by atoms with Gasteiger partial charge in [0, 0.05) is 17.5 Å². The van der Waals surface area contributed by atoms with E-state index < -0.39 is 0 Å². The van der Waals surface area contributed by atoms with Gasteiger partial charge in [0.25, 0.3) is 0 Å². The Balaban J connectivity index is 1.82. The first-order valence-electron chi connectivity index (χ1n) is 6.02. The van der Waals surface area contributed by atoms with Gasteiger partial charge in [-0.1, -0.05) is 19.4 Å². The molecule has 0 aromatic carbocycles. The van der Waals surface area contributed by atoms with Gasteiger partial charge in [0.05, 0.1) is 0 Å². The Morgan fingerprint density at radius 2 is 2.33 bits per heavy atom. The highest BCUT2D eigenvalue weighted by molar-refractivity contribution is 7.10. The number of hydrogen-bond acceptors (Lipinski definition) is 2. The molecule has 1 atom stereocenters. The zero-order valence-electron chi connectivity index (χ0n) is 9.75. The second-order valence-corrected chi connectivity index (χ2v) is 5.80. The molecule has 0 saturated heterocycles. The quantitative estimate of drug-likeness (QED) is 0.796. The molecule has 2 heteroatoms. The summed E-state index contributed by atoms with van der Waals surface area (Å²) in [5.41, 5.74) is 0.630. The van der Waals surface area contributed by atoms with E-state index in [9.17, 15) is 0 Å². The van der Waals surface area contributed by atoms with Gasteiger partial charge in [-0.25, -0.2) is 0 Å². The number of rotatable bonds is 5. The molecule has 84 valence electrons. The molecule has 0 aliphatic heterocycles. The Hall–Kier alpha value is -0.340. The minimum atomic E-state index is 0.522. The molecular weight excluding hydrogens is 202 g/mol. The van der Waals surface area contributed by atoms with Crippen LogP contribution in [0, 0.1) is 5.41 Å². The highest BCUT2D eigenvalue weighted by Crippen LogP contribution is 2.43. The third-order valence-corrected chi connectivity index (χ3v) is 4.97. The molecule has 15 heavy (non-hydrogen) atoms. The Morgan fingerprint density at radius 3 is 2.80 bits per heavy atom. The molecule has 1 nitrogen and oxygen atoms in total. The predicted molar refractivity (Wildman–Crippen MR) is 67.3 cm³/mol. The van der Waals surface area contributed by atoms with Gasteiger partial charge in [-0.15, -0.1) is 11.3 Å². The first-order chi connectivity index (χ1) is 7.26. The lowest BCUT2D eigenvalue weighted by atomic mass is 9.67. The van der Waals surface area contributed by atoms with Crippen LogP contribution in [0.2, 0.25) is 0 Å². The van der Waals surface area contributed by atoms with Crippen LogP contribution in [0.1, 0.15) is 50.4 Å². The van der Waals surface area contributed by atoms with E-state index in [0.29, 0.717) is 11.5 Å². The van der Waals surface area contributed by atoms with Crippen molar-refractivity contribution < 1.29 is 0 Å². The zero-order valence-corrected chi connectivity index (χ0v) is 10.6. The lowest BCUT2D eigenvalue weighted by Gasteiger charge is -2.42. The van der Waals surface area contributed by atoms with Gasteiger partial charge < -0.3 is 5.32 Å². The van der Waals surface area contributed by atoms with E-state index in [0.717, 1.165) is 0 Å². The molecule has 0 bridgehead atoms. The van der Waals surface area contributed by atoms with E-state index in [4.69, 9.17) is 0 Å². The summed E-state index contributed by atoms with van der Waals surface area (Å²) >= 11 is 1.85. The van der Waals surface area contributed by atoms with Crippen molar-refractivity contribution in [2.75, 3.05) is 6.54 Å². The van der Waals surface area contributed by atoms with Gasteiger partial charge in [-0.05, 0) is 43.0 Å². The van der Waals surface area contributed by atoms with Gasteiger partial charge in [-0.3, -0.25) is 0 Å². The lowest BCUT2D eigenvalue weighted by molar-refractivity contribution is 0.120. The van der Waals surface area contributed by atoms with E-state index in [1.54, 1.807) is 0 Å². The second kappa shape index (κ2) is 4.67. The molecular formula is C13H21NS. The Kier molecular flexibility index (Phi) is 3.47. The average Bonchev–Trinajstić information content (AvgIpc) is 2.69. The van der Waals surface area contributed by atoms with E-state index in [-0.39, 0.29) is 0 Å². The summed E-state index contributed by atoms with van der Waals surface area (Å²) in [6.45, 7) is 5.80. The van der Waals surface area contributed by atoms with Crippen LogP contribution in [0.3, 0.4) is 0 Å². The van der Waals surface area contributed by atoms with Crippen LogP contribution in [0.5, 0.6) is 0 Å². The minimum Gasteiger partial charge on any atom is -0.309 e. The molecule has 1 aliphatic carbocycles. The molecule has 1 N–H and O–H groups in total. The maximum atomic E-state index is 3.69. The smallest absolute Gasteiger partial charge is 0.0386 e. The molecule has 1 saturated carbocycles. The molecule has 0 radical (unpaired) electrons. The Bertz CT molecular complexity index is 282. The molecule has 1 unspecified atom stereocenters. The molecule has 1 fully saturated rings. The third-order valence-electron chi connectivity index (χ3n) is 3.92. The highest BCUT2D eigenvalue weighted by Gasteiger charge is 2.34. The Labute approximate surface area is 96.9 Å². The zero-order chi connectivity index (χ0) is 10.7. The molecule has 1 aromatic heterocycles. The summed E-state index contributed by atoms with van der Waals surface area (Å²) < 4.78 is 0. The van der Waals surface area contributed by atoms with Crippen LogP contribution >= 0.6 is 11.3 Å². The monoisotopic (exact) mass is 223 g/mol. The maximum absolute atomic E-state index is 3.69. The van der Waals surface area contributed by atoms with Crippen molar-refractivity contribution in [1.82, 2.24) is 5.32 Å². The number of nitrogens with one attached hydrogen (secondary N) is 1. The van der Waals surface area contributed by atoms with E-state index in [1.807, 2.05) is 11.3 Å². The number of thiophene rings is 1. The van der Waals surface area contributed by atoms with Gasteiger partial charge >= 0.3 is 0 Å². The minimum absolute atomic E-state index is 0.522. The highest BCUT2D eigenvalue weighted by atomic mass is 32.1. The molecule has 2 rings (SSSR count). The summed E-state index contributed by atoms with van der Waals surface area (Å²) in [4.78, 5) is 1.46. The Morgan fingerprint density at radius 1 is 1.53 bits per heavy atom. The normalized spacial score (nSPS) is 20.9. The largest absolute Gasteiger partial charge is 0.309 e. The first kappa shape index (κ1) is 11.2. The van der Waals surface area contributed by atoms with Crippen molar-refractivity contribution in [2.24, 2.45) is 5.41 Å². The molecule has 1 aromatic rings. The SMILES string of the molecule is CCC1(CNC(C)c2cccs2)CCC1. The van der Waals surface area contributed by atoms with Crippen LogP contribution in [-0.4, -0.2) is 6.54 Å². The van der Waals surface area contributed by atoms with Crippen LogP contribution in [0.25, 0.3) is 0 Å². The maximum Gasteiger partial charge on any atom is 0.0386 e. The third kappa shape index (κ3) is 2.43. The van der Waals surface area contributed by atoms with E-state index in [1.165, 1.54) is 37.1 Å². The molecule has 1 aliphatic rings. The van der Waals surface area contributed by atoms with Crippen LogP contribution in [-0.2, 0) is 0 Å². The summed E-state index contributed by atoms with van der Waals surface area (Å²) in [6, 6.07) is 4.88. The van der Waals surface area contributed by atoms with Crippen molar-refractivity contribution in [3.05, 3.63) is 22.4 Å². The van der Waals surface area contributed by atoms with Gasteiger partial charge in [0.1, 0.15) is 0 Å². The van der Waals surface area contributed by atoms with E-state index in [2.05, 4.69) is 36.7 Å². The molecule has 0 amide bonds. The van der Waals surface area contributed by atoms with Crippen molar-refractivity contribution in [3.8, 4) is 0 Å². The average molecular weight is 223 g/mol. The van der Waals surface area contributed by atoms with Gasteiger partial charge in [0.15, 0.2) is 0 Å². The molecule has 0 spiro atoms. The summed E-state index contributed by atoms with van der Waals surface area (Å²) in [5, 5.41) is 5.85. The van der Waals surface area contributed by atoms with E-state index >= 15 is 0 Å². The number of hydrogen-bond donors (Lipinski definition) is 1. The van der Waals surface area contributed by atoms with Crippen molar-refractivity contribution >= 4 is 11.3 Å². The summed E-state index contributed by atoms with van der Waals surface area (Å²) in [6.07, 6.45) is 5.61. The fourth-order valence-electron chi connectivity index (χ4n) is 2.34. The van der Waals surface area contributed by atoms with Crippen LogP contribution in [0.4, 0.5) is 0 Å². The van der Waals surface area contributed by atoms with Gasteiger partial charge in [-0.2, -0.15) is 0 Å². The fraction of sp³-hybridized carbons (Fsp3) is 0.692. The topological polar surface area (TPSA) is 12.0 Å². The predicted octanol–water partition coefficient (Wildman–Crippen LogP) is 3.98. The van der Waals surface area contributed by atoms with Crippen molar-refractivity contribution in [3.63, 3.8) is 0 Å². The van der Waals surface area contributed by atoms with Crippen molar-refractivity contribution in [1.29, 1.82) is 0 Å². The standard InChI is InChI=1S/C13H21NS/c1-3-13(7-5-8-13)10-14-11(2)12-6-4-9-15-12/h4,6,9,11,14H,3,5,7-8,10H2,1-2H3. The van der Waals surface area contributed by atoms with Crippen LogP contribution < -0.4 is 5.32 Å². The van der Waals surface area contributed by atoms with Crippen LogP contribution in [0.15, 0.2) is 17.5 Å². The summed E-state index contributed by atoms with van der Waals surface area (Å²) in [7, 11) is 0. The molecule has 1 heterocycles. The second-order valence-electron chi connectivity index (χ2n) is 4.83. The summed E-state index contributed by atoms with van der Waals surface area (Å²) in [5.74, 6) is 0.